The molecule has 2 aromatic heterocycles. The number of para-hydroxylation sites is 1. The van der Waals surface area contributed by atoms with Gasteiger partial charge in [-0.3, -0.25) is 0 Å². The largest absolute Gasteiger partial charge is 0.507 e. The number of nitrogens with zero attached hydrogens (tertiary/aromatic N) is 3. The predicted molar refractivity (Wildman–Crippen MR) is 96.9 cm³/mol. The van der Waals surface area contributed by atoms with Crippen LogP contribution in [0.4, 0.5) is 0 Å². The van der Waals surface area contributed by atoms with Gasteiger partial charge in [-0.1, -0.05) is 29.4 Å². The van der Waals surface area contributed by atoms with E-state index in [2.05, 4.69) is 10.1 Å². The molecule has 2 aromatic carbocycles. The van der Waals surface area contributed by atoms with Crippen LogP contribution in [0, 0.1) is 0 Å². The maximum absolute atomic E-state index is 9.98. The molecule has 6 nitrogen and oxygen atoms in total. The van der Waals surface area contributed by atoms with Crippen LogP contribution in [0.3, 0.4) is 0 Å². The zero-order chi connectivity index (χ0) is 17.9. The summed E-state index contributed by atoms with van der Waals surface area (Å²) in [5.74, 6) is 1.54. The Kier molecular flexibility index (Phi) is 4.15. The Bertz CT molecular complexity index is 1020. The molecular weight excluding hydrogens is 330 g/mol. The molecule has 0 unspecified atom stereocenters. The summed E-state index contributed by atoms with van der Waals surface area (Å²) in [7, 11) is 1.64. The second kappa shape index (κ2) is 6.76. The van der Waals surface area contributed by atoms with Crippen LogP contribution >= 0.6 is 0 Å². The van der Waals surface area contributed by atoms with Crippen molar-refractivity contribution < 1.29 is 14.4 Å². The topological polar surface area (TPSA) is 73.3 Å². The lowest BCUT2D eigenvalue weighted by Crippen LogP contribution is -1.99. The Balaban J connectivity index is 1.65. The number of benzene rings is 2. The van der Waals surface area contributed by atoms with Crippen LogP contribution in [-0.2, 0) is 6.54 Å². The fourth-order valence-electron chi connectivity index (χ4n) is 2.83. The third-order valence-electron chi connectivity index (χ3n) is 4.17. The molecular formula is C20H17N3O3. The van der Waals surface area contributed by atoms with Crippen molar-refractivity contribution in [2.45, 2.75) is 6.54 Å². The van der Waals surface area contributed by atoms with Crippen molar-refractivity contribution in [1.29, 1.82) is 0 Å². The van der Waals surface area contributed by atoms with Crippen LogP contribution in [0.2, 0.25) is 0 Å². The average molecular weight is 347 g/mol. The Morgan fingerprint density at radius 3 is 2.81 bits per heavy atom. The van der Waals surface area contributed by atoms with Crippen molar-refractivity contribution in [3.8, 4) is 34.1 Å². The van der Waals surface area contributed by atoms with Crippen molar-refractivity contribution in [3.05, 3.63) is 72.8 Å². The number of hydrogen-bond acceptors (Lipinski definition) is 5. The Labute approximate surface area is 150 Å². The summed E-state index contributed by atoms with van der Waals surface area (Å²) in [5.41, 5.74) is 3.10. The van der Waals surface area contributed by atoms with Crippen molar-refractivity contribution in [3.63, 3.8) is 0 Å². The summed E-state index contributed by atoms with van der Waals surface area (Å²) in [4.78, 5) is 4.06. The quantitative estimate of drug-likeness (QED) is 0.591. The molecule has 0 aliphatic heterocycles. The van der Waals surface area contributed by atoms with Gasteiger partial charge in [0.25, 0.3) is 0 Å². The van der Waals surface area contributed by atoms with E-state index < -0.39 is 0 Å². The highest BCUT2D eigenvalue weighted by Crippen LogP contribution is 2.33. The van der Waals surface area contributed by atoms with Crippen LogP contribution in [0.25, 0.3) is 22.6 Å². The third-order valence-corrected chi connectivity index (χ3v) is 4.17. The Morgan fingerprint density at radius 1 is 1.15 bits per heavy atom. The van der Waals surface area contributed by atoms with Gasteiger partial charge in [0, 0.05) is 35.2 Å². The van der Waals surface area contributed by atoms with E-state index in [0.29, 0.717) is 23.6 Å². The number of imidazole rings is 1. The van der Waals surface area contributed by atoms with E-state index in [0.717, 1.165) is 16.9 Å². The van der Waals surface area contributed by atoms with E-state index in [1.807, 2.05) is 35.0 Å². The fourth-order valence-corrected chi connectivity index (χ4v) is 2.83. The second-order valence-electron chi connectivity index (χ2n) is 5.86. The maximum Gasteiger partial charge on any atom is 0.167 e. The van der Waals surface area contributed by atoms with Gasteiger partial charge in [-0.25, -0.2) is 4.98 Å². The molecule has 0 spiro atoms. The van der Waals surface area contributed by atoms with E-state index in [4.69, 9.17) is 9.26 Å². The van der Waals surface area contributed by atoms with E-state index in [1.165, 1.54) is 0 Å². The molecule has 6 heteroatoms. The molecule has 0 aliphatic rings. The number of methoxy groups -OCH3 is 1. The number of hydrogen-bond donors (Lipinski definition) is 1. The molecule has 4 rings (SSSR count). The third kappa shape index (κ3) is 3.04. The lowest BCUT2D eigenvalue weighted by molar-refractivity contribution is 0.407. The van der Waals surface area contributed by atoms with Gasteiger partial charge in [0.1, 0.15) is 17.2 Å². The van der Waals surface area contributed by atoms with E-state index in [1.54, 1.807) is 43.9 Å². The minimum absolute atomic E-state index is 0.167. The summed E-state index contributed by atoms with van der Waals surface area (Å²) < 4.78 is 13.0. The van der Waals surface area contributed by atoms with Crippen LogP contribution in [0.5, 0.6) is 11.5 Å². The van der Waals surface area contributed by atoms with Gasteiger partial charge < -0.3 is 18.9 Å². The second-order valence-corrected chi connectivity index (χ2v) is 5.86. The van der Waals surface area contributed by atoms with Crippen molar-refractivity contribution >= 4 is 0 Å². The van der Waals surface area contributed by atoms with E-state index in [9.17, 15) is 5.11 Å². The SMILES string of the molecule is COc1cc(-c2cc(-c3ccccc3O)no2)ccc1Cn1ccnc1. The molecule has 0 saturated heterocycles. The van der Waals surface area contributed by atoms with Gasteiger partial charge in [-0.05, 0) is 18.2 Å². The molecule has 0 saturated carbocycles. The smallest absolute Gasteiger partial charge is 0.167 e. The highest BCUT2D eigenvalue weighted by molar-refractivity contribution is 5.71. The first-order valence-electron chi connectivity index (χ1n) is 8.12. The summed E-state index contributed by atoms with van der Waals surface area (Å²) in [5, 5.41) is 14.0. The van der Waals surface area contributed by atoms with Gasteiger partial charge in [0.15, 0.2) is 5.76 Å². The standard InChI is InChI=1S/C20H17N3O3/c1-25-19-10-14(6-7-15(19)12-23-9-8-21-13-23)20-11-17(22-26-20)16-4-2-3-5-18(16)24/h2-11,13,24H,12H2,1H3. The monoisotopic (exact) mass is 347 g/mol. The Morgan fingerprint density at radius 2 is 2.04 bits per heavy atom. The lowest BCUT2D eigenvalue weighted by atomic mass is 10.1. The minimum Gasteiger partial charge on any atom is -0.507 e. The van der Waals surface area contributed by atoms with E-state index >= 15 is 0 Å². The maximum atomic E-state index is 9.98. The van der Waals surface area contributed by atoms with Crippen LogP contribution < -0.4 is 4.74 Å². The molecule has 0 bridgehead atoms. The lowest BCUT2D eigenvalue weighted by Gasteiger charge is -2.10. The number of phenolic OH excluding ortho intramolecular Hbond substituents is 1. The summed E-state index contributed by atoms with van der Waals surface area (Å²) >= 11 is 0. The van der Waals surface area contributed by atoms with Crippen molar-refractivity contribution in [1.82, 2.24) is 14.7 Å². The highest BCUT2D eigenvalue weighted by atomic mass is 16.5. The average Bonchev–Trinajstić information content (AvgIpc) is 3.34. The molecule has 1 N–H and O–H groups in total. The molecule has 0 amide bonds. The number of rotatable bonds is 5. The molecule has 130 valence electrons. The number of aromatic hydroxyl groups is 1. The van der Waals surface area contributed by atoms with Gasteiger partial charge >= 0.3 is 0 Å². The van der Waals surface area contributed by atoms with Crippen LogP contribution in [-0.4, -0.2) is 26.9 Å². The first kappa shape index (κ1) is 16.0. The first-order valence-corrected chi connectivity index (χ1v) is 8.12. The first-order chi connectivity index (χ1) is 12.7. The summed E-state index contributed by atoms with van der Waals surface area (Å²) in [6.07, 6.45) is 5.42. The van der Waals surface area contributed by atoms with Gasteiger partial charge in [-0.2, -0.15) is 0 Å². The van der Waals surface area contributed by atoms with Crippen LogP contribution in [0.1, 0.15) is 5.56 Å². The molecule has 0 atom stereocenters. The Hall–Kier alpha value is -3.54. The number of ether oxygens (including phenoxy) is 1. The zero-order valence-electron chi connectivity index (χ0n) is 14.2. The van der Waals surface area contributed by atoms with Gasteiger partial charge in [0.05, 0.1) is 20.0 Å². The van der Waals surface area contributed by atoms with Crippen LogP contribution in [0.15, 0.2) is 71.8 Å². The molecule has 2 heterocycles. The molecule has 0 radical (unpaired) electrons. The minimum atomic E-state index is 0.167. The van der Waals surface area contributed by atoms with Crippen molar-refractivity contribution in [2.75, 3.05) is 7.11 Å². The molecule has 0 fully saturated rings. The van der Waals surface area contributed by atoms with Gasteiger partial charge in [-0.15, -0.1) is 0 Å². The van der Waals surface area contributed by atoms with E-state index in [-0.39, 0.29) is 5.75 Å². The molecule has 0 aliphatic carbocycles. The predicted octanol–water partition coefficient (Wildman–Crippen LogP) is 3.97. The fraction of sp³-hybridized carbons (Fsp3) is 0.100. The highest BCUT2D eigenvalue weighted by Gasteiger charge is 2.13. The summed E-state index contributed by atoms with van der Waals surface area (Å²) in [6.45, 7) is 0.670. The zero-order valence-corrected chi connectivity index (χ0v) is 14.2. The molecule has 4 aromatic rings. The normalized spacial score (nSPS) is 10.8. The van der Waals surface area contributed by atoms with Crippen molar-refractivity contribution in [2.24, 2.45) is 0 Å². The number of aromatic nitrogens is 3. The summed E-state index contributed by atoms with van der Waals surface area (Å²) in [6, 6.07) is 14.7. The number of phenols is 1. The molecule has 26 heavy (non-hydrogen) atoms. The van der Waals surface area contributed by atoms with Gasteiger partial charge in [0.2, 0.25) is 0 Å².